The van der Waals surface area contributed by atoms with Gasteiger partial charge in [-0.25, -0.2) is 0 Å². The maximum Gasteiger partial charge on any atom is 0.253 e. The van der Waals surface area contributed by atoms with E-state index in [9.17, 15) is 15.0 Å². The third kappa shape index (κ3) is 28.5. The van der Waals surface area contributed by atoms with Crippen LogP contribution in [0.1, 0.15) is 187 Å². The maximum absolute atomic E-state index is 12.9. The van der Waals surface area contributed by atoms with Crippen molar-refractivity contribution in [1.29, 1.82) is 0 Å². The highest BCUT2D eigenvalue weighted by Crippen LogP contribution is 2.15. The molecule has 0 aromatic rings. The summed E-state index contributed by atoms with van der Waals surface area (Å²) >= 11 is 0. The molecular weight excluding hydrogens is 550 g/mol. The first-order valence-electron chi connectivity index (χ1n) is 19.0. The molecule has 3 atom stereocenters. The number of carbonyl (C=O) groups is 1. The van der Waals surface area contributed by atoms with Crippen LogP contribution in [-0.2, 0) is 14.3 Å². The highest BCUT2D eigenvalue weighted by Gasteiger charge is 2.24. The number of carbonyl (C=O) groups excluding carboxylic acids is 1. The fourth-order valence-electron chi connectivity index (χ4n) is 5.78. The van der Waals surface area contributed by atoms with Gasteiger partial charge in [0.15, 0.2) is 6.10 Å². The summed E-state index contributed by atoms with van der Waals surface area (Å²) in [5.74, 6) is -0.351. The van der Waals surface area contributed by atoms with Crippen molar-refractivity contribution < 1.29 is 24.5 Å². The van der Waals surface area contributed by atoms with E-state index in [0.29, 0.717) is 6.42 Å². The van der Waals surface area contributed by atoms with E-state index in [4.69, 9.17) is 9.47 Å². The van der Waals surface area contributed by atoms with E-state index in [1.54, 1.807) is 6.08 Å². The number of unbranched alkanes of at least 4 members (excludes halogenated alkanes) is 24. The van der Waals surface area contributed by atoms with Crippen LogP contribution in [0.25, 0.3) is 0 Å². The highest BCUT2D eigenvalue weighted by molar-refractivity contribution is 5.83. The Morgan fingerprint density at radius 1 is 0.659 bits per heavy atom. The molecule has 0 bridgehead atoms. The molecule has 0 rings (SSSR count). The normalized spacial score (nSPS) is 13.8. The second-order valence-corrected chi connectivity index (χ2v) is 13.0. The van der Waals surface area contributed by atoms with Gasteiger partial charge in [0.1, 0.15) is 6.79 Å². The Hall–Kier alpha value is -0.950. The quantitative estimate of drug-likeness (QED) is 0.0371. The standard InChI is InChI=1S/C38H75NO5/c1-4-6-8-10-12-14-16-18-20-22-24-26-28-30-32-37(44-34-43-3)38(42)39-35(33-40)36(41)31-29-27-25-23-21-19-17-15-13-11-9-7-5-2/h30,32,35-37,40-41H,4-29,31,33-34H2,1-3H3,(H,39,42)/b32-30-/t35-,36+,37+/m0/s1. The maximum atomic E-state index is 12.9. The van der Waals surface area contributed by atoms with Crippen molar-refractivity contribution >= 4 is 5.91 Å². The van der Waals surface area contributed by atoms with Crippen molar-refractivity contribution in [3.05, 3.63) is 12.2 Å². The van der Waals surface area contributed by atoms with Crippen LogP contribution in [0.2, 0.25) is 0 Å². The summed E-state index contributed by atoms with van der Waals surface area (Å²) < 4.78 is 10.6. The van der Waals surface area contributed by atoms with E-state index < -0.39 is 18.2 Å². The van der Waals surface area contributed by atoms with Gasteiger partial charge < -0.3 is 25.0 Å². The van der Waals surface area contributed by atoms with Crippen LogP contribution in [-0.4, -0.2) is 54.9 Å². The lowest BCUT2D eigenvalue weighted by Gasteiger charge is -2.24. The SMILES string of the molecule is CCCCCCCCCCCCCC/C=C\[C@@H](OCOC)C(=O)N[C@@H](CO)[C@H](O)CCCCCCCCCCCCCCC. The Morgan fingerprint density at radius 3 is 1.48 bits per heavy atom. The van der Waals surface area contributed by atoms with Gasteiger partial charge in [0, 0.05) is 7.11 Å². The molecule has 0 aliphatic carbocycles. The van der Waals surface area contributed by atoms with E-state index >= 15 is 0 Å². The summed E-state index contributed by atoms with van der Waals surface area (Å²) in [5.41, 5.74) is 0. The fraction of sp³-hybridized carbons (Fsp3) is 0.921. The molecule has 6 heteroatoms. The lowest BCUT2D eigenvalue weighted by molar-refractivity contribution is -0.139. The summed E-state index contributed by atoms with van der Waals surface area (Å²) in [4.78, 5) is 12.9. The van der Waals surface area contributed by atoms with Crippen LogP contribution in [0.4, 0.5) is 0 Å². The molecule has 0 aromatic heterocycles. The summed E-state index contributed by atoms with van der Waals surface area (Å²) in [5, 5.41) is 23.3. The number of nitrogens with one attached hydrogen (secondary N) is 1. The number of rotatable bonds is 35. The number of hydrogen-bond acceptors (Lipinski definition) is 5. The third-order valence-corrected chi connectivity index (χ3v) is 8.75. The summed E-state index contributed by atoms with van der Waals surface area (Å²) in [6, 6.07) is -0.696. The molecule has 262 valence electrons. The zero-order valence-electron chi connectivity index (χ0n) is 29.5. The van der Waals surface area contributed by atoms with E-state index in [0.717, 1.165) is 25.7 Å². The molecule has 0 unspecified atom stereocenters. The average Bonchev–Trinajstić information content (AvgIpc) is 3.03. The molecule has 0 heterocycles. The molecule has 3 N–H and O–H groups in total. The number of ether oxygens (including phenoxy) is 2. The molecular formula is C38H75NO5. The van der Waals surface area contributed by atoms with Gasteiger partial charge in [-0.05, 0) is 19.3 Å². The Labute approximate surface area is 273 Å². The van der Waals surface area contributed by atoms with Gasteiger partial charge in [-0.15, -0.1) is 0 Å². The molecule has 0 radical (unpaired) electrons. The number of aliphatic hydroxyl groups excluding tert-OH is 2. The predicted molar refractivity (Wildman–Crippen MR) is 187 cm³/mol. The number of aliphatic hydroxyl groups is 2. The van der Waals surface area contributed by atoms with Gasteiger partial charge >= 0.3 is 0 Å². The number of amides is 1. The van der Waals surface area contributed by atoms with Crippen LogP contribution in [0.5, 0.6) is 0 Å². The molecule has 0 aliphatic rings. The monoisotopic (exact) mass is 626 g/mol. The summed E-state index contributed by atoms with van der Waals surface area (Å²) in [6.07, 6.45) is 36.1. The molecule has 6 nitrogen and oxygen atoms in total. The van der Waals surface area contributed by atoms with Crippen molar-refractivity contribution in [3.8, 4) is 0 Å². The summed E-state index contributed by atoms with van der Waals surface area (Å²) in [7, 11) is 1.53. The molecule has 0 saturated heterocycles. The Bertz CT molecular complexity index is 614. The smallest absolute Gasteiger partial charge is 0.253 e. The first-order chi connectivity index (χ1) is 21.6. The van der Waals surface area contributed by atoms with Gasteiger partial charge in [0.2, 0.25) is 0 Å². The van der Waals surface area contributed by atoms with E-state index in [2.05, 4.69) is 19.2 Å². The van der Waals surface area contributed by atoms with E-state index in [1.165, 1.54) is 148 Å². The molecule has 0 aliphatic heterocycles. The Morgan fingerprint density at radius 2 is 1.07 bits per heavy atom. The van der Waals surface area contributed by atoms with E-state index in [-0.39, 0.29) is 19.3 Å². The first kappa shape index (κ1) is 43.0. The Kier molecular flexibility index (Phi) is 34.2. The van der Waals surface area contributed by atoms with Crippen molar-refractivity contribution in [3.63, 3.8) is 0 Å². The first-order valence-corrected chi connectivity index (χ1v) is 19.0. The van der Waals surface area contributed by atoms with Gasteiger partial charge in [0.25, 0.3) is 5.91 Å². The molecule has 0 fully saturated rings. The second kappa shape index (κ2) is 34.9. The van der Waals surface area contributed by atoms with Gasteiger partial charge in [-0.2, -0.15) is 0 Å². The minimum absolute atomic E-state index is 0.00628. The van der Waals surface area contributed by atoms with Crippen LogP contribution >= 0.6 is 0 Å². The largest absolute Gasteiger partial charge is 0.394 e. The van der Waals surface area contributed by atoms with Crippen molar-refractivity contribution in [2.45, 2.75) is 205 Å². The van der Waals surface area contributed by atoms with Crippen LogP contribution in [0, 0.1) is 0 Å². The fourth-order valence-corrected chi connectivity index (χ4v) is 5.78. The predicted octanol–water partition coefficient (Wildman–Crippen LogP) is 9.94. The minimum atomic E-state index is -0.801. The van der Waals surface area contributed by atoms with Crippen LogP contribution in [0.3, 0.4) is 0 Å². The van der Waals surface area contributed by atoms with Crippen molar-refractivity contribution in [2.24, 2.45) is 0 Å². The van der Waals surface area contributed by atoms with Gasteiger partial charge in [0.05, 0.1) is 18.8 Å². The summed E-state index contributed by atoms with van der Waals surface area (Å²) in [6.45, 7) is 4.23. The molecule has 44 heavy (non-hydrogen) atoms. The van der Waals surface area contributed by atoms with Crippen molar-refractivity contribution in [1.82, 2.24) is 5.32 Å². The van der Waals surface area contributed by atoms with Gasteiger partial charge in [-0.3, -0.25) is 4.79 Å². The highest BCUT2D eigenvalue weighted by atomic mass is 16.7. The minimum Gasteiger partial charge on any atom is -0.394 e. The molecule has 0 saturated carbocycles. The average molecular weight is 626 g/mol. The topological polar surface area (TPSA) is 88.0 Å². The van der Waals surface area contributed by atoms with Crippen LogP contribution < -0.4 is 5.32 Å². The Balaban J connectivity index is 4.08. The zero-order chi connectivity index (χ0) is 32.4. The second-order valence-electron chi connectivity index (χ2n) is 13.0. The number of allylic oxidation sites excluding steroid dienone is 1. The molecule has 0 aromatic carbocycles. The third-order valence-electron chi connectivity index (χ3n) is 8.75. The molecule has 1 amide bonds. The zero-order valence-corrected chi connectivity index (χ0v) is 29.5. The number of hydrogen-bond donors (Lipinski definition) is 3. The lowest BCUT2D eigenvalue weighted by Crippen LogP contribution is -2.49. The number of methoxy groups -OCH3 is 1. The van der Waals surface area contributed by atoms with Gasteiger partial charge in [-0.1, -0.05) is 180 Å². The van der Waals surface area contributed by atoms with Crippen LogP contribution in [0.15, 0.2) is 12.2 Å². The van der Waals surface area contributed by atoms with Crippen molar-refractivity contribution in [2.75, 3.05) is 20.5 Å². The molecule has 0 spiro atoms. The van der Waals surface area contributed by atoms with E-state index in [1.807, 2.05) is 6.08 Å². The lowest BCUT2D eigenvalue weighted by atomic mass is 10.0.